The van der Waals surface area contributed by atoms with Crippen molar-refractivity contribution < 1.29 is 18.3 Å². The molecular formula is C15H12F2O2. The third kappa shape index (κ3) is 3.16. The average Bonchev–Trinajstić information content (AvgIpc) is 2.40. The number of aldehydes is 1. The van der Waals surface area contributed by atoms with Gasteiger partial charge in [-0.05, 0) is 37.3 Å². The monoisotopic (exact) mass is 262 g/mol. The van der Waals surface area contributed by atoms with E-state index in [0.717, 1.165) is 23.8 Å². The number of hydrogen-bond acceptors (Lipinski definition) is 2. The van der Waals surface area contributed by atoms with E-state index in [1.54, 1.807) is 18.2 Å². The van der Waals surface area contributed by atoms with Gasteiger partial charge in [0.1, 0.15) is 24.0 Å². The highest BCUT2D eigenvalue weighted by molar-refractivity contribution is 5.79. The molecule has 0 aliphatic rings. The number of aryl methyl sites for hydroxylation is 1. The fourth-order valence-electron chi connectivity index (χ4n) is 1.70. The fourth-order valence-corrected chi connectivity index (χ4v) is 1.70. The summed E-state index contributed by atoms with van der Waals surface area (Å²) in [7, 11) is 0. The van der Waals surface area contributed by atoms with Gasteiger partial charge >= 0.3 is 0 Å². The fraction of sp³-hybridized carbons (Fsp3) is 0.133. The summed E-state index contributed by atoms with van der Waals surface area (Å²) in [6, 6.07) is 8.25. The van der Waals surface area contributed by atoms with Crippen molar-refractivity contribution >= 4 is 6.29 Å². The van der Waals surface area contributed by atoms with E-state index in [1.807, 2.05) is 6.92 Å². The Hall–Kier alpha value is -2.23. The van der Waals surface area contributed by atoms with Crippen molar-refractivity contribution in [1.29, 1.82) is 0 Å². The predicted molar refractivity (Wildman–Crippen MR) is 67.3 cm³/mol. The summed E-state index contributed by atoms with van der Waals surface area (Å²) in [5.74, 6) is -0.718. The van der Waals surface area contributed by atoms with Crippen LogP contribution in [-0.4, -0.2) is 6.29 Å². The van der Waals surface area contributed by atoms with Gasteiger partial charge in [-0.15, -0.1) is 0 Å². The van der Waals surface area contributed by atoms with Crippen molar-refractivity contribution in [2.24, 2.45) is 0 Å². The molecule has 0 saturated carbocycles. The number of benzene rings is 2. The summed E-state index contributed by atoms with van der Waals surface area (Å²) in [5.41, 5.74) is 1.42. The average molecular weight is 262 g/mol. The van der Waals surface area contributed by atoms with Gasteiger partial charge in [-0.2, -0.15) is 0 Å². The molecule has 0 saturated heterocycles. The molecule has 0 aromatic heterocycles. The van der Waals surface area contributed by atoms with Crippen molar-refractivity contribution in [2.75, 3.05) is 0 Å². The highest BCUT2D eigenvalue weighted by Gasteiger charge is 2.07. The molecule has 0 amide bonds. The Morgan fingerprint density at radius 2 is 1.95 bits per heavy atom. The van der Waals surface area contributed by atoms with Crippen LogP contribution >= 0.6 is 0 Å². The zero-order chi connectivity index (χ0) is 13.8. The summed E-state index contributed by atoms with van der Waals surface area (Å²) in [6.07, 6.45) is 0.671. The summed E-state index contributed by atoms with van der Waals surface area (Å²) < 4.78 is 31.8. The molecule has 0 fully saturated rings. The third-order valence-electron chi connectivity index (χ3n) is 2.68. The second-order valence-corrected chi connectivity index (χ2v) is 4.18. The van der Waals surface area contributed by atoms with Crippen molar-refractivity contribution in [2.45, 2.75) is 13.5 Å². The predicted octanol–water partition coefficient (Wildman–Crippen LogP) is 3.66. The molecule has 0 spiro atoms. The lowest BCUT2D eigenvalue weighted by Crippen LogP contribution is -2.01. The standard InChI is InChI=1S/C15H12F2O2/c1-10-2-5-15(11(6-10)8-18)19-9-12-7-13(16)3-4-14(12)17/h2-8H,9H2,1H3. The maximum atomic E-state index is 13.4. The van der Waals surface area contributed by atoms with Crippen molar-refractivity contribution in [1.82, 2.24) is 0 Å². The molecule has 4 heteroatoms. The van der Waals surface area contributed by atoms with E-state index in [-0.39, 0.29) is 12.2 Å². The first-order valence-electron chi connectivity index (χ1n) is 5.72. The maximum absolute atomic E-state index is 13.4. The second-order valence-electron chi connectivity index (χ2n) is 4.18. The lowest BCUT2D eigenvalue weighted by molar-refractivity contribution is 0.111. The topological polar surface area (TPSA) is 26.3 Å². The van der Waals surface area contributed by atoms with Crippen LogP contribution in [-0.2, 0) is 6.61 Å². The zero-order valence-corrected chi connectivity index (χ0v) is 10.3. The molecule has 2 aromatic carbocycles. The number of carbonyl (C=O) groups is 1. The SMILES string of the molecule is Cc1ccc(OCc2cc(F)ccc2F)c(C=O)c1. The van der Waals surface area contributed by atoms with E-state index in [2.05, 4.69) is 0 Å². The number of rotatable bonds is 4. The first-order valence-corrected chi connectivity index (χ1v) is 5.72. The molecule has 2 aromatic rings. The second kappa shape index (κ2) is 5.61. The molecule has 0 radical (unpaired) electrons. The third-order valence-corrected chi connectivity index (χ3v) is 2.68. The molecular weight excluding hydrogens is 250 g/mol. The molecule has 0 aliphatic heterocycles. The van der Waals surface area contributed by atoms with Crippen LogP contribution in [0.15, 0.2) is 36.4 Å². The minimum absolute atomic E-state index is 0.109. The molecule has 0 heterocycles. The molecule has 0 unspecified atom stereocenters. The molecule has 0 N–H and O–H groups in total. The number of ether oxygens (including phenoxy) is 1. The van der Waals surface area contributed by atoms with Gasteiger partial charge in [0.05, 0.1) is 5.56 Å². The molecule has 98 valence electrons. The van der Waals surface area contributed by atoms with Gasteiger partial charge < -0.3 is 4.74 Å². The lowest BCUT2D eigenvalue weighted by Gasteiger charge is -2.09. The molecule has 0 aliphatic carbocycles. The molecule has 0 bridgehead atoms. The number of halogens is 2. The Balaban J connectivity index is 2.18. The van der Waals surface area contributed by atoms with Crippen molar-refractivity contribution in [3.63, 3.8) is 0 Å². The van der Waals surface area contributed by atoms with E-state index < -0.39 is 11.6 Å². The first kappa shape index (κ1) is 13.2. The van der Waals surface area contributed by atoms with E-state index in [4.69, 9.17) is 4.74 Å². The van der Waals surface area contributed by atoms with Gasteiger partial charge in [0, 0.05) is 5.56 Å². The maximum Gasteiger partial charge on any atom is 0.153 e. The van der Waals surface area contributed by atoms with Gasteiger partial charge in [-0.25, -0.2) is 8.78 Å². The van der Waals surface area contributed by atoms with Crippen LogP contribution in [0.1, 0.15) is 21.5 Å². The quantitative estimate of drug-likeness (QED) is 0.786. The van der Waals surface area contributed by atoms with Crippen LogP contribution in [0.2, 0.25) is 0 Å². The Labute approximate surface area is 109 Å². The number of hydrogen-bond donors (Lipinski definition) is 0. The van der Waals surface area contributed by atoms with Gasteiger partial charge in [0.2, 0.25) is 0 Å². The van der Waals surface area contributed by atoms with E-state index >= 15 is 0 Å². The van der Waals surface area contributed by atoms with Crippen LogP contribution in [0.5, 0.6) is 5.75 Å². The van der Waals surface area contributed by atoms with Crippen molar-refractivity contribution in [3.05, 3.63) is 64.7 Å². The van der Waals surface area contributed by atoms with Gasteiger partial charge in [-0.3, -0.25) is 4.79 Å². The van der Waals surface area contributed by atoms with Gasteiger partial charge in [-0.1, -0.05) is 11.6 Å². The first-order chi connectivity index (χ1) is 9.10. The normalized spacial score (nSPS) is 10.3. The Morgan fingerprint density at radius 3 is 2.68 bits per heavy atom. The minimum Gasteiger partial charge on any atom is -0.488 e. The Bertz CT molecular complexity index is 609. The van der Waals surface area contributed by atoms with Crippen LogP contribution in [0.25, 0.3) is 0 Å². The van der Waals surface area contributed by atoms with Gasteiger partial charge in [0.25, 0.3) is 0 Å². The van der Waals surface area contributed by atoms with Crippen LogP contribution in [0.3, 0.4) is 0 Å². The molecule has 19 heavy (non-hydrogen) atoms. The molecule has 0 atom stereocenters. The molecule has 2 rings (SSSR count). The van der Waals surface area contributed by atoms with Crippen molar-refractivity contribution in [3.8, 4) is 5.75 Å². The van der Waals surface area contributed by atoms with Crippen LogP contribution in [0.4, 0.5) is 8.78 Å². The summed E-state index contributed by atoms with van der Waals surface area (Å²) in [6.45, 7) is 1.72. The van der Waals surface area contributed by atoms with E-state index in [0.29, 0.717) is 17.6 Å². The Kier molecular flexibility index (Phi) is 3.90. The smallest absolute Gasteiger partial charge is 0.153 e. The summed E-state index contributed by atoms with van der Waals surface area (Å²) >= 11 is 0. The Morgan fingerprint density at radius 1 is 1.16 bits per heavy atom. The van der Waals surface area contributed by atoms with Gasteiger partial charge in [0.15, 0.2) is 6.29 Å². The zero-order valence-electron chi connectivity index (χ0n) is 10.3. The largest absolute Gasteiger partial charge is 0.488 e. The van der Waals surface area contributed by atoms with Crippen LogP contribution < -0.4 is 4.74 Å². The van der Waals surface area contributed by atoms with Crippen LogP contribution in [0, 0.1) is 18.6 Å². The minimum atomic E-state index is -0.541. The summed E-state index contributed by atoms with van der Waals surface area (Å²) in [5, 5.41) is 0. The highest BCUT2D eigenvalue weighted by Crippen LogP contribution is 2.20. The lowest BCUT2D eigenvalue weighted by atomic mass is 10.1. The number of carbonyl (C=O) groups excluding carboxylic acids is 1. The summed E-state index contributed by atoms with van der Waals surface area (Å²) in [4.78, 5) is 10.9. The van der Waals surface area contributed by atoms with E-state index in [9.17, 15) is 13.6 Å². The van der Waals surface area contributed by atoms with E-state index in [1.165, 1.54) is 0 Å². The highest BCUT2D eigenvalue weighted by atomic mass is 19.1. The molecule has 2 nitrogen and oxygen atoms in total.